The average molecular weight is 447 g/mol. The maximum absolute atomic E-state index is 11.6. The van der Waals surface area contributed by atoms with Crippen LogP contribution in [0.2, 0.25) is 0 Å². The summed E-state index contributed by atoms with van der Waals surface area (Å²) in [6.07, 6.45) is -2.63. The van der Waals surface area contributed by atoms with Crippen molar-refractivity contribution in [2.24, 2.45) is 0 Å². The summed E-state index contributed by atoms with van der Waals surface area (Å²) >= 11 is 4.68. The molecule has 0 radical (unpaired) electrons. The normalized spacial score (nSPS) is 25.1. The number of hydrogen-bond acceptors (Lipinski definition) is 8. The lowest BCUT2D eigenvalue weighted by atomic mass is 10.1. The summed E-state index contributed by atoms with van der Waals surface area (Å²) in [5.41, 5.74) is -0.635. The third kappa shape index (κ3) is 5.91. The van der Waals surface area contributed by atoms with Gasteiger partial charge in [0.1, 0.15) is 5.75 Å². The molecule has 1 aromatic rings. The maximum atomic E-state index is 11.6. The second kappa shape index (κ2) is 9.27. The first-order chi connectivity index (χ1) is 12.3. The molecule has 1 aliphatic rings. The molecule has 1 aromatic carbocycles. The third-order valence-corrected chi connectivity index (χ3v) is 5.06. The van der Waals surface area contributed by atoms with E-state index in [1.54, 1.807) is 18.2 Å². The van der Waals surface area contributed by atoms with Gasteiger partial charge in [0.15, 0.2) is 23.7 Å². The van der Waals surface area contributed by atoms with Crippen molar-refractivity contribution in [2.45, 2.75) is 44.5 Å². The molecule has 0 unspecified atom stereocenters. The predicted molar refractivity (Wildman–Crippen MR) is 97.7 cm³/mol. The quantitative estimate of drug-likeness (QED) is 0.503. The second-order valence-electron chi connectivity index (χ2n) is 5.57. The zero-order chi connectivity index (χ0) is 19.3. The summed E-state index contributed by atoms with van der Waals surface area (Å²) in [5.74, 6) is -0.757. The molecular formula is C17H19BrO7S. The summed E-state index contributed by atoms with van der Waals surface area (Å²) < 4.78 is 22.7. The van der Waals surface area contributed by atoms with Crippen LogP contribution in [0.25, 0.3) is 0 Å². The topological polar surface area (TPSA) is 88.1 Å². The fraction of sp³-hybridized carbons (Fsp3) is 0.471. The van der Waals surface area contributed by atoms with Crippen molar-refractivity contribution in [3.63, 3.8) is 0 Å². The van der Waals surface area contributed by atoms with Crippen LogP contribution in [0.5, 0.6) is 5.75 Å². The summed E-state index contributed by atoms with van der Waals surface area (Å²) in [7, 11) is 0. The Bertz CT molecular complexity index is 681. The van der Waals surface area contributed by atoms with Crippen molar-refractivity contribution in [2.75, 3.05) is 5.75 Å². The molecule has 0 bridgehead atoms. The largest absolute Gasteiger partial charge is 0.476 e. The average Bonchev–Trinajstić information content (AvgIpc) is 2.51. The Morgan fingerprint density at radius 3 is 2.19 bits per heavy atom. The van der Waals surface area contributed by atoms with E-state index in [0.29, 0.717) is 11.5 Å². The fourth-order valence-electron chi connectivity index (χ4n) is 2.48. The maximum Gasteiger partial charge on any atom is 0.303 e. The van der Waals surface area contributed by atoms with Crippen molar-refractivity contribution in [3.8, 4) is 5.75 Å². The van der Waals surface area contributed by atoms with Crippen LogP contribution in [0.3, 0.4) is 0 Å². The van der Waals surface area contributed by atoms with Crippen LogP contribution in [-0.2, 0) is 28.6 Å². The first-order valence-corrected chi connectivity index (χ1v) is 9.66. The van der Waals surface area contributed by atoms with E-state index in [-0.39, 0.29) is 0 Å². The minimum absolute atomic E-state index is 0.327. The standard InChI is InChI=1S/C17H19BrO7S/c1-9(19)22-14-8-26-17(25-13-6-4-5-12(18)7-13)16(24-11(3)21)15(14)23-10(2)20/h4-7,14-17H,8H2,1-3H3/t14-,15+,16-,17-/m1/s1. The van der Waals surface area contributed by atoms with Crippen molar-refractivity contribution in [1.82, 2.24) is 0 Å². The molecule has 2 rings (SSSR count). The van der Waals surface area contributed by atoms with Crippen LogP contribution in [0.1, 0.15) is 20.8 Å². The summed E-state index contributed by atoms with van der Waals surface area (Å²) in [6, 6.07) is 7.18. The van der Waals surface area contributed by atoms with Crippen LogP contribution in [-0.4, -0.2) is 47.4 Å². The number of esters is 3. The molecule has 142 valence electrons. The van der Waals surface area contributed by atoms with Crippen LogP contribution < -0.4 is 4.74 Å². The molecule has 0 saturated carbocycles. The molecule has 1 heterocycles. The summed E-state index contributed by atoms with van der Waals surface area (Å²) in [4.78, 5) is 34.5. The zero-order valence-electron chi connectivity index (χ0n) is 14.5. The Kier molecular flexibility index (Phi) is 7.33. The monoisotopic (exact) mass is 446 g/mol. The lowest BCUT2D eigenvalue weighted by Gasteiger charge is -2.39. The Balaban J connectivity index is 2.27. The van der Waals surface area contributed by atoms with Gasteiger partial charge in [-0.05, 0) is 18.2 Å². The summed E-state index contributed by atoms with van der Waals surface area (Å²) in [6.45, 7) is 3.75. The van der Waals surface area contributed by atoms with Gasteiger partial charge in [0.2, 0.25) is 0 Å². The highest BCUT2D eigenvalue weighted by atomic mass is 79.9. The molecule has 4 atom stereocenters. The molecular weight excluding hydrogens is 428 g/mol. The Morgan fingerprint density at radius 1 is 1.00 bits per heavy atom. The van der Waals surface area contributed by atoms with E-state index in [0.717, 1.165) is 4.47 Å². The molecule has 9 heteroatoms. The molecule has 1 fully saturated rings. The van der Waals surface area contributed by atoms with E-state index < -0.39 is 41.7 Å². The van der Waals surface area contributed by atoms with Gasteiger partial charge in [-0.1, -0.05) is 22.0 Å². The van der Waals surface area contributed by atoms with Crippen LogP contribution >= 0.6 is 27.7 Å². The smallest absolute Gasteiger partial charge is 0.303 e. The molecule has 0 amide bonds. The lowest BCUT2D eigenvalue weighted by Crippen LogP contribution is -2.55. The number of hydrogen-bond donors (Lipinski definition) is 0. The van der Waals surface area contributed by atoms with Crippen LogP contribution in [0.4, 0.5) is 0 Å². The molecule has 0 N–H and O–H groups in total. The molecule has 1 aliphatic heterocycles. The number of carbonyl (C=O) groups is 3. The fourth-order valence-corrected chi connectivity index (χ4v) is 4.08. The van der Waals surface area contributed by atoms with Crippen LogP contribution in [0, 0.1) is 0 Å². The van der Waals surface area contributed by atoms with E-state index in [1.807, 2.05) is 6.07 Å². The number of carbonyl (C=O) groups excluding carboxylic acids is 3. The van der Waals surface area contributed by atoms with Crippen molar-refractivity contribution >= 4 is 45.6 Å². The predicted octanol–water partition coefficient (Wildman–Crippen LogP) is 2.70. The third-order valence-electron chi connectivity index (χ3n) is 3.35. The van der Waals surface area contributed by atoms with Crippen LogP contribution in [0.15, 0.2) is 28.7 Å². The minimum atomic E-state index is -0.960. The van der Waals surface area contributed by atoms with Gasteiger partial charge in [-0.3, -0.25) is 14.4 Å². The second-order valence-corrected chi connectivity index (χ2v) is 7.62. The van der Waals surface area contributed by atoms with Gasteiger partial charge in [-0.2, -0.15) is 0 Å². The molecule has 26 heavy (non-hydrogen) atoms. The van der Waals surface area contributed by atoms with Gasteiger partial charge in [-0.15, -0.1) is 11.8 Å². The first kappa shape index (κ1) is 20.6. The molecule has 0 aromatic heterocycles. The molecule has 1 saturated heterocycles. The van der Waals surface area contributed by atoms with Crippen molar-refractivity contribution in [1.29, 1.82) is 0 Å². The number of rotatable bonds is 5. The van der Waals surface area contributed by atoms with Gasteiger partial charge in [0, 0.05) is 31.0 Å². The highest BCUT2D eigenvalue weighted by Crippen LogP contribution is 2.34. The minimum Gasteiger partial charge on any atom is -0.476 e. The number of ether oxygens (including phenoxy) is 4. The molecule has 7 nitrogen and oxygen atoms in total. The number of benzene rings is 1. The highest BCUT2D eigenvalue weighted by molar-refractivity contribution is 9.10. The Labute approximate surface area is 163 Å². The highest BCUT2D eigenvalue weighted by Gasteiger charge is 2.47. The van der Waals surface area contributed by atoms with Crippen molar-refractivity contribution < 1.29 is 33.3 Å². The number of thioether (sulfide) groups is 1. The van der Waals surface area contributed by atoms with Gasteiger partial charge in [-0.25, -0.2) is 0 Å². The van der Waals surface area contributed by atoms with E-state index in [2.05, 4.69) is 15.9 Å². The van der Waals surface area contributed by atoms with Gasteiger partial charge >= 0.3 is 17.9 Å². The Morgan fingerprint density at radius 2 is 1.62 bits per heavy atom. The Hall–Kier alpha value is -1.74. The van der Waals surface area contributed by atoms with E-state index >= 15 is 0 Å². The van der Waals surface area contributed by atoms with Gasteiger partial charge in [0.05, 0.1) is 0 Å². The van der Waals surface area contributed by atoms with E-state index in [9.17, 15) is 14.4 Å². The van der Waals surface area contributed by atoms with E-state index in [4.69, 9.17) is 18.9 Å². The zero-order valence-corrected chi connectivity index (χ0v) is 16.9. The lowest BCUT2D eigenvalue weighted by molar-refractivity contribution is -0.186. The van der Waals surface area contributed by atoms with Gasteiger partial charge < -0.3 is 18.9 Å². The first-order valence-electron chi connectivity index (χ1n) is 7.81. The van der Waals surface area contributed by atoms with Gasteiger partial charge in [0.25, 0.3) is 0 Å². The molecule has 0 aliphatic carbocycles. The SMILES string of the molecule is CC(=O)O[C@@H]1[C@@H](OC(C)=O)[C@H](OC(C)=O)CS[C@H]1Oc1cccc(Br)c1. The van der Waals surface area contributed by atoms with Crippen molar-refractivity contribution in [3.05, 3.63) is 28.7 Å². The number of halogens is 1. The summed E-state index contributed by atoms with van der Waals surface area (Å²) in [5, 5.41) is 0. The molecule has 0 spiro atoms. The van der Waals surface area contributed by atoms with E-state index in [1.165, 1.54) is 32.5 Å².